The van der Waals surface area contributed by atoms with Gasteiger partial charge in [0, 0.05) is 44.8 Å². The molecule has 29 heavy (non-hydrogen) atoms. The van der Waals surface area contributed by atoms with Gasteiger partial charge >= 0.3 is 0 Å². The maximum absolute atomic E-state index is 13.0. The second-order valence-electron chi connectivity index (χ2n) is 8.49. The smallest absolute Gasteiger partial charge is 0.227 e. The van der Waals surface area contributed by atoms with E-state index in [4.69, 9.17) is 0 Å². The first-order valence-corrected chi connectivity index (χ1v) is 10.6. The molecule has 0 bridgehead atoms. The van der Waals surface area contributed by atoms with E-state index in [1.165, 1.54) is 11.1 Å². The Labute approximate surface area is 173 Å². The van der Waals surface area contributed by atoms with Gasteiger partial charge in [0.15, 0.2) is 5.82 Å². The van der Waals surface area contributed by atoms with Crippen LogP contribution in [-0.4, -0.2) is 72.2 Å². The molecule has 2 fully saturated rings. The maximum Gasteiger partial charge on any atom is 0.227 e. The summed E-state index contributed by atoms with van der Waals surface area (Å²) in [5, 5.41) is 8.96. The molecular formula is C23H31N5O. The lowest BCUT2D eigenvalue weighted by Crippen LogP contribution is -2.51. The van der Waals surface area contributed by atoms with E-state index in [0.717, 1.165) is 69.2 Å². The zero-order valence-electron chi connectivity index (χ0n) is 17.8. The Hall–Kier alpha value is -2.47. The summed E-state index contributed by atoms with van der Waals surface area (Å²) in [6.45, 7) is 9.52. The van der Waals surface area contributed by atoms with E-state index in [1.54, 1.807) is 0 Å². The number of aryl methyl sites for hydroxylation is 2. The molecule has 2 aliphatic heterocycles. The summed E-state index contributed by atoms with van der Waals surface area (Å²) in [7, 11) is 2.12. The van der Waals surface area contributed by atoms with E-state index in [9.17, 15) is 4.79 Å². The number of hydrogen-bond donors (Lipinski definition) is 0. The maximum atomic E-state index is 13.0. The van der Waals surface area contributed by atoms with Gasteiger partial charge in [0.25, 0.3) is 0 Å². The first kappa shape index (κ1) is 19.8. The minimum absolute atomic E-state index is 0.0633. The van der Waals surface area contributed by atoms with Crippen LogP contribution in [-0.2, 0) is 4.79 Å². The number of hydrogen-bond acceptors (Lipinski definition) is 5. The molecule has 4 rings (SSSR count). The van der Waals surface area contributed by atoms with Gasteiger partial charge in [0.1, 0.15) is 0 Å². The van der Waals surface area contributed by atoms with Crippen LogP contribution in [0, 0.1) is 19.8 Å². The Morgan fingerprint density at radius 2 is 1.76 bits per heavy atom. The lowest BCUT2D eigenvalue weighted by molar-refractivity contribution is -0.137. The van der Waals surface area contributed by atoms with E-state index in [0.29, 0.717) is 5.91 Å². The average Bonchev–Trinajstić information content (AvgIpc) is 2.76. The Bertz CT molecular complexity index is 858. The van der Waals surface area contributed by atoms with Gasteiger partial charge in [-0.05, 0) is 63.1 Å². The van der Waals surface area contributed by atoms with Gasteiger partial charge in [0.05, 0.1) is 11.6 Å². The van der Waals surface area contributed by atoms with Crippen LogP contribution in [0.2, 0.25) is 0 Å². The standard InChI is InChI=1S/C23H31N5O/c1-17-6-7-19(15-18(17)2)21-8-9-22(25-24-21)28-10-4-5-20(16-28)23(29)27-13-11-26(3)12-14-27/h6-9,15,20H,4-5,10-14,16H2,1-3H3. The van der Waals surface area contributed by atoms with E-state index in [-0.39, 0.29) is 5.92 Å². The van der Waals surface area contributed by atoms with Crippen LogP contribution in [0.25, 0.3) is 11.3 Å². The number of piperidine rings is 1. The highest BCUT2D eigenvalue weighted by Crippen LogP contribution is 2.25. The average molecular weight is 394 g/mol. The molecule has 154 valence electrons. The number of carbonyl (C=O) groups excluding carboxylic acids is 1. The molecule has 1 aromatic carbocycles. The van der Waals surface area contributed by atoms with Crippen LogP contribution in [0.4, 0.5) is 5.82 Å². The molecule has 0 aliphatic carbocycles. The molecule has 1 unspecified atom stereocenters. The monoisotopic (exact) mass is 393 g/mol. The molecule has 6 nitrogen and oxygen atoms in total. The molecule has 2 aliphatic rings. The highest BCUT2D eigenvalue weighted by molar-refractivity contribution is 5.80. The minimum Gasteiger partial charge on any atom is -0.354 e. The Morgan fingerprint density at radius 1 is 0.966 bits per heavy atom. The van der Waals surface area contributed by atoms with Gasteiger partial charge in [-0.3, -0.25) is 4.79 Å². The third-order valence-corrected chi connectivity index (χ3v) is 6.36. The quantitative estimate of drug-likeness (QED) is 0.803. The van der Waals surface area contributed by atoms with Crippen molar-refractivity contribution >= 4 is 11.7 Å². The largest absolute Gasteiger partial charge is 0.354 e. The van der Waals surface area contributed by atoms with Crippen molar-refractivity contribution in [1.82, 2.24) is 20.0 Å². The topological polar surface area (TPSA) is 52.6 Å². The number of likely N-dealkylation sites (N-methyl/N-ethyl adjacent to an activating group) is 1. The van der Waals surface area contributed by atoms with Gasteiger partial charge in [-0.15, -0.1) is 10.2 Å². The van der Waals surface area contributed by atoms with Crippen molar-refractivity contribution in [2.45, 2.75) is 26.7 Å². The third kappa shape index (κ3) is 4.42. The summed E-state index contributed by atoms with van der Waals surface area (Å²) < 4.78 is 0. The summed E-state index contributed by atoms with van der Waals surface area (Å²) in [4.78, 5) is 19.5. The summed E-state index contributed by atoms with van der Waals surface area (Å²) in [5.74, 6) is 1.24. The molecule has 2 aromatic rings. The number of piperazine rings is 1. The lowest BCUT2D eigenvalue weighted by atomic mass is 9.96. The first-order chi connectivity index (χ1) is 14.0. The highest BCUT2D eigenvalue weighted by atomic mass is 16.2. The fourth-order valence-electron chi connectivity index (χ4n) is 4.22. The molecule has 6 heteroatoms. The predicted octanol–water partition coefficient (Wildman–Crippen LogP) is 2.75. The molecule has 1 aromatic heterocycles. The number of rotatable bonds is 3. The molecule has 0 saturated carbocycles. The van der Waals surface area contributed by atoms with Gasteiger partial charge in [0.2, 0.25) is 5.91 Å². The van der Waals surface area contributed by atoms with Crippen LogP contribution >= 0.6 is 0 Å². The molecule has 3 heterocycles. The van der Waals surface area contributed by atoms with E-state index >= 15 is 0 Å². The second-order valence-corrected chi connectivity index (χ2v) is 8.49. The van der Waals surface area contributed by atoms with Crippen LogP contribution in [0.15, 0.2) is 30.3 Å². The van der Waals surface area contributed by atoms with E-state index < -0.39 is 0 Å². The molecule has 2 saturated heterocycles. The van der Waals surface area contributed by atoms with Crippen molar-refractivity contribution in [2.24, 2.45) is 5.92 Å². The van der Waals surface area contributed by atoms with Crippen LogP contribution in [0.5, 0.6) is 0 Å². The number of benzene rings is 1. The second kappa shape index (κ2) is 8.49. The Balaban J connectivity index is 1.43. The number of aromatic nitrogens is 2. The predicted molar refractivity (Wildman–Crippen MR) is 116 cm³/mol. The summed E-state index contributed by atoms with van der Waals surface area (Å²) in [6, 6.07) is 10.5. The van der Waals surface area contributed by atoms with Gasteiger partial charge in [-0.1, -0.05) is 12.1 Å². The Morgan fingerprint density at radius 3 is 2.45 bits per heavy atom. The van der Waals surface area contributed by atoms with Gasteiger partial charge in [-0.2, -0.15) is 0 Å². The van der Waals surface area contributed by atoms with Gasteiger partial charge < -0.3 is 14.7 Å². The van der Waals surface area contributed by atoms with Crippen molar-refractivity contribution in [3.05, 3.63) is 41.5 Å². The number of anilines is 1. The third-order valence-electron chi connectivity index (χ3n) is 6.36. The van der Waals surface area contributed by atoms with Crippen molar-refractivity contribution in [1.29, 1.82) is 0 Å². The molecule has 0 spiro atoms. The molecular weight excluding hydrogens is 362 g/mol. The van der Waals surface area contributed by atoms with Crippen molar-refractivity contribution in [2.75, 3.05) is 51.2 Å². The zero-order valence-corrected chi connectivity index (χ0v) is 17.8. The van der Waals surface area contributed by atoms with Crippen LogP contribution < -0.4 is 4.90 Å². The highest BCUT2D eigenvalue weighted by Gasteiger charge is 2.31. The SMILES string of the molecule is Cc1ccc(-c2ccc(N3CCCC(C(=O)N4CCN(C)CC4)C3)nn2)cc1C. The van der Waals surface area contributed by atoms with Crippen LogP contribution in [0.1, 0.15) is 24.0 Å². The van der Waals surface area contributed by atoms with Crippen molar-refractivity contribution in [3.8, 4) is 11.3 Å². The molecule has 0 radical (unpaired) electrons. The first-order valence-electron chi connectivity index (χ1n) is 10.6. The fourth-order valence-corrected chi connectivity index (χ4v) is 4.22. The normalized spacial score (nSPS) is 20.7. The summed E-state index contributed by atoms with van der Waals surface area (Å²) in [5.41, 5.74) is 4.52. The minimum atomic E-state index is 0.0633. The van der Waals surface area contributed by atoms with E-state index in [1.807, 2.05) is 17.0 Å². The zero-order chi connectivity index (χ0) is 20.4. The number of nitrogens with zero attached hydrogens (tertiary/aromatic N) is 5. The molecule has 0 N–H and O–H groups in total. The molecule has 1 amide bonds. The van der Waals surface area contributed by atoms with Crippen LogP contribution in [0.3, 0.4) is 0 Å². The summed E-state index contributed by atoms with van der Waals surface area (Å²) >= 11 is 0. The molecule has 1 atom stereocenters. The van der Waals surface area contributed by atoms with Crippen molar-refractivity contribution in [3.63, 3.8) is 0 Å². The summed E-state index contributed by atoms with van der Waals surface area (Å²) in [6.07, 6.45) is 1.99. The lowest BCUT2D eigenvalue weighted by Gasteiger charge is -2.38. The Kier molecular flexibility index (Phi) is 5.81. The number of amides is 1. The fraction of sp³-hybridized carbons (Fsp3) is 0.522. The van der Waals surface area contributed by atoms with Gasteiger partial charge in [-0.25, -0.2) is 0 Å². The number of carbonyl (C=O) groups is 1. The van der Waals surface area contributed by atoms with Crippen molar-refractivity contribution < 1.29 is 4.79 Å². The van der Waals surface area contributed by atoms with E-state index in [2.05, 4.69) is 59.1 Å².